The molecule has 2 aromatic rings. The van der Waals surface area contributed by atoms with Crippen molar-refractivity contribution in [2.24, 2.45) is 0 Å². The van der Waals surface area contributed by atoms with Crippen LogP contribution < -0.4 is 31.0 Å². The van der Waals surface area contributed by atoms with Gasteiger partial charge in [0.1, 0.15) is 38.8 Å². The molecular formula is C25H33B2FNO5P. The molecule has 6 nitrogen and oxygen atoms in total. The molecule has 0 aliphatic heterocycles. The molecule has 10 heteroatoms. The Morgan fingerprint density at radius 1 is 1.09 bits per heavy atom. The Morgan fingerprint density at radius 3 is 2.46 bits per heavy atom. The monoisotopic (exact) mass is 499 g/mol. The first-order valence-corrected chi connectivity index (χ1v) is 12.0. The fourth-order valence-electron chi connectivity index (χ4n) is 2.89. The van der Waals surface area contributed by atoms with Crippen LogP contribution >= 0.6 is 9.24 Å². The van der Waals surface area contributed by atoms with E-state index >= 15 is 0 Å². The summed E-state index contributed by atoms with van der Waals surface area (Å²) in [5.41, 5.74) is 0.589. The van der Waals surface area contributed by atoms with Gasteiger partial charge in [0.2, 0.25) is 0 Å². The summed E-state index contributed by atoms with van der Waals surface area (Å²) in [4.78, 5) is 0. The number of ether oxygens (including phenoxy) is 5. The Labute approximate surface area is 212 Å². The molecular weight excluding hydrogens is 466 g/mol. The highest BCUT2D eigenvalue weighted by molar-refractivity contribution is 7.27. The summed E-state index contributed by atoms with van der Waals surface area (Å²) in [7, 11) is 14.0. The number of rotatable bonds is 16. The lowest BCUT2D eigenvalue weighted by Crippen LogP contribution is -2.33. The van der Waals surface area contributed by atoms with E-state index in [1.54, 1.807) is 12.1 Å². The minimum absolute atomic E-state index is 0.105. The van der Waals surface area contributed by atoms with Crippen LogP contribution in [0.5, 0.6) is 11.5 Å². The summed E-state index contributed by atoms with van der Waals surface area (Å²) >= 11 is 0. The van der Waals surface area contributed by atoms with Crippen LogP contribution in [0.2, 0.25) is 0 Å². The van der Waals surface area contributed by atoms with Gasteiger partial charge >= 0.3 is 0 Å². The molecule has 2 rings (SSSR count). The van der Waals surface area contributed by atoms with Crippen molar-refractivity contribution in [2.45, 2.75) is 32.8 Å². The van der Waals surface area contributed by atoms with Gasteiger partial charge in [0.25, 0.3) is 0 Å². The van der Waals surface area contributed by atoms with Crippen molar-refractivity contribution >= 4 is 46.9 Å². The summed E-state index contributed by atoms with van der Waals surface area (Å²) < 4.78 is 42.0. The van der Waals surface area contributed by atoms with Gasteiger partial charge in [-0.3, -0.25) is 5.32 Å². The summed E-state index contributed by atoms with van der Waals surface area (Å²) in [6.45, 7) is 12.9. The normalized spacial score (nSPS) is 11.5. The molecule has 186 valence electrons. The third-order valence-electron chi connectivity index (χ3n) is 5.06. The first-order chi connectivity index (χ1) is 16.6. The Hall–Kier alpha value is -1.89. The minimum atomic E-state index is -0.526. The van der Waals surface area contributed by atoms with E-state index in [0.717, 1.165) is 6.07 Å². The van der Waals surface area contributed by atoms with Crippen LogP contribution in [0.15, 0.2) is 36.9 Å². The van der Waals surface area contributed by atoms with E-state index in [9.17, 15) is 4.39 Å². The predicted molar refractivity (Wildman–Crippen MR) is 143 cm³/mol. The predicted octanol–water partition coefficient (Wildman–Crippen LogP) is 2.09. The molecule has 0 bridgehead atoms. The zero-order chi connectivity index (χ0) is 25.8. The average Bonchev–Trinajstić information content (AvgIpc) is 2.82. The van der Waals surface area contributed by atoms with Crippen LogP contribution in [-0.4, -0.2) is 61.2 Å². The molecule has 0 aliphatic rings. The van der Waals surface area contributed by atoms with E-state index in [-0.39, 0.29) is 27.6 Å². The van der Waals surface area contributed by atoms with E-state index in [2.05, 4.69) is 21.1 Å². The number of halogens is 1. The molecule has 0 aliphatic carbocycles. The van der Waals surface area contributed by atoms with E-state index in [1.807, 2.05) is 32.9 Å². The molecule has 2 aromatic carbocycles. The van der Waals surface area contributed by atoms with Crippen molar-refractivity contribution in [3.8, 4) is 11.5 Å². The quantitative estimate of drug-likeness (QED) is 0.126. The Balaban J connectivity index is 1.75. The largest absolute Gasteiger partial charge is 0.493 e. The van der Waals surface area contributed by atoms with Crippen molar-refractivity contribution < 1.29 is 28.1 Å². The van der Waals surface area contributed by atoms with Gasteiger partial charge in [0, 0.05) is 23.9 Å². The van der Waals surface area contributed by atoms with Gasteiger partial charge in [-0.05, 0) is 51.1 Å². The van der Waals surface area contributed by atoms with Crippen molar-refractivity contribution in [1.82, 2.24) is 5.32 Å². The van der Waals surface area contributed by atoms with Crippen LogP contribution in [0.25, 0.3) is 5.76 Å². The van der Waals surface area contributed by atoms with Crippen LogP contribution in [0.4, 0.5) is 4.39 Å². The van der Waals surface area contributed by atoms with E-state index in [1.165, 1.54) is 0 Å². The van der Waals surface area contributed by atoms with E-state index < -0.39 is 5.82 Å². The molecule has 0 heterocycles. The van der Waals surface area contributed by atoms with Crippen LogP contribution in [0.1, 0.15) is 32.8 Å². The number of nitrogens with one attached hydrogen (secondary N) is 1. The molecule has 35 heavy (non-hydrogen) atoms. The summed E-state index contributed by atoms with van der Waals surface area (Å²) in [5, 5.41) is 3.26. The highest BCUT2D eigenvalue weighted by Crippen LogP contribution is 2.22. The topological polar surface area (TPSA) is 58.2 Å². The van der Waals surface area contributed by atoms with Crippen molar-refractivity contribution in [1.29, 1.82) is 0 Å². The van der Waals surface area contributed by atoms with Gasteiger partial charge in [0.15, 0.2) is 0 Å². The second-order valence-corrected chi connectivity index (χ2v) is 8.88. The standard InChI is InChI=1S/C25H33B2FNO5P/c1-5-30-12-13-31-15-29-16-33-25(3,4)10-11-32-19-8-6-18(7-9-19)17(2)34-23-22(27)20(26)14-21(28)24(23)35/h6-9,14,29H,2,5,10-13,15-16,35H2,1,3-4H3. The molecule has 4 radical (unpaired) electrons. The average molecular weight is 499 g/mol. The van der Waals surface area contributed by atoms with Crippen LogP contribution in [-0.2, 0) is 14.2 Å². The smallest absolute Gasteiger partial charge is 0.133 e. The Bertz CT molecular complexity index is 934. The molecule has 0 saturated carbocycles. The highest BCUT2D eigenvalue weighted by atomic mass is 31.0. The van der Waals surface area contributed by atoms with Crippen LogP contribution in [0, 0.1) is 5.82 Å². The zero-order valence-corrected chi connectivity index (χ0v) is 21.8. The first kappa shape index (κ1) is 29.3. The maximum Gasteiger partial charge on any atom is 0.133 e. The van der Waals surface area contributed by atoms with Gasteiger partial charge < -0.3 is 23.7 Å². The summed E-state index contributed by atoms with van der Waals surface area (Å²) in [6.07, 6.45) is 0.689. The fraction of sp³-hybridized carbons (Fsp3) is 0.440. The lowest BCUT2D eigenvalue weighted by atomic mass is 9.80. The molecule has 1 N–H and O–H groups in total. The van der Waals surface area contributed by atoms with Gasteiger partial charge in [-0.15, -0.1) is 0 Å². The van der Waals surface area contributed by atoms with Crippen molar-refractivity contribution in [3.63, 3.8) is 0 Å². The summed E-state index contributed by atoms with van der Waals surface area (Å²) in [6, 6.07) is 8.38. The number of hydrogen-bond donors (Lipinski definition) is 1. The van der Waals surface area contributed by atoms with Gasteiger partial charge in [-0.1, -0.05) is 26.7 Å². The molecule has 0 saturated heterocycles. The second-order valence-electron chi connectivity index (χ2n) is 8.30. The second kappa shape index (κ2) is 14.6. The summed E-state index contributed by atoms with van der Waals surface area (Å²) in [5.74, 6) is 0.605. The van der Waals surface area contributed by atoms with Crippen molar-refractivity contribution in [3.05, 3.63) is 48.3 Å². The van der Waals surface area contributed by atoms with Gasteiger partial charge in [-0.25, -0.2) is 4.39 Å². The van der Waals surface area contributed by atoms with Gasteiger partial charge in [-0.2, -0.15) is 0 Å². The third kappa shape index (κ3) is 9.94. The van der Waals surface area contributed by atoms with Gasteiger partial charge in [0.05, 0.1) is 38.9 Å². The highest BCUT2D eigenvalue weighted by Gasteiger charge is 2.18. The van der Waals surface area contributed by atoms with Crippen molar-refractivity contribution in [2.75, 3.05) is 39.9 Å². The molecule has 1 unspecified atom stereocenters. The Morgan fingerprint density at radius 2 is 1.77 bits per heavy atom. The maximum absolute atomic E-state index is 14.0. The molecule has 1 atom stereocenters. The molecule has 0 spiro atoms. The fourth-order valence-corrected chi connectivity index (χ4v) is 3.18. The maximum atomic E-state index is 14.0. The third-order valence-corrected chi connectivity index (χ3v) is 5.60. The van der Waals surface area contributed by atoms with E-state index in [0.29, 0.717) is 63.4 Å². The van der Waals surface area contributed by atoms with Crippen LogP contribution in [0.3, 0.4) is 0 Å². The van der Waals surface area contributed by atoms with E-state index in [4.69, 9.17) is 39.4 Å². The SMILES string of the molecule is [B]c1cc(F)c(P)c(OC(=C)c2ccc(OCCC(C)(C)OCNCOCCOCC)cc2)c1[B]. The molecule has 0 fully saturated rings. The first-order valence-electron chi connectivity index (χ1n) is 11.4. The Kier molecular flexibility index (Phi) is 12.3. The minimum Gasteiger partial charge on any atom is -0.493 e. The molecule has 0 aromatic heterocycles. The lowest BCUT2D eigenvalue weighted by molar-refractivity contribution is -0.0524. The lowest BCUT2D eigenvalue weighted by Gasteiger charge is -2.25. The number of benzene rings is 2. The zero-order valence-electron chi connectivity index (χ0n) is 20.7. The number of hydrogen-bond acceptors (Lipinski definition) is 6. The molecule has 0 amide bonds.